The summed E-state index contributed by atoms with van der Waals surface area (Å²) in [5.74, 6) is 0.126. The maximum Gasteiger partial charge on any atom is 0.408 e. The Kier molecular flexibility index (Phi) is 6.02. The van der Waals surface area contributed by atoms with Crippen LogP contribution in [-0.4, -0.2) is 30.8 Å². The number of methoxy groups -OCH3 is 1. The zero-order chi connectivity index (χ0) is 15.9. The van der Waals surface area contributed by atoms with E-state index in [4.69, 9.17) is 9.15 Å². The van der Waals surface area contributed by atoms with Crippen LogP contribution in [0.1, 0.15) is 33.0 Å². The summed E-state index contributed by atoms with van der Waals surface area (Å²) in [5, 5.41) is 2.49. The van der Waals surface area contributed by atoms with Crippen molar-refractivity contribution in [1.82, 2.24) is 5.32 Å². The topological polar surface area (TPSA) is 77.8 Å². The van der Waals surface area contributed by atoms with Crippen LogP contribution < -0.4 is 5.32 Å². The summed E-state index contributed by atoms with van der Waals surface area (Å²) >= 11 is 0. The molecule has 0 aliphatic rings. The predicted molar refractivity (Wildman–Crippen MR) is 77.5 cm³/mol. The molecule has 116 valence electrons. The first-order valence-electron chi connectivity index (χ1n) is 6.59. The van der Waals surface area contributed by atoms with Crippen molar-refractivity contribution in [3.63, 3.8) is 0 Å². The van der Waals surface area contributed by atoms with Crippen LogP contribution in [0.4, 0.5) is 4.79 Å². The van der Waals surface area contributed by atoms with Gasteiger partial charge in [-0.1, -0.05) is 6.08 Å². The first-order chi connectivity index (χ1) is 9.81. The Morgan fingerprint density at radius 2 is 2.14 bits per heavy atom. The fraction of sp³-hybridized carbons (Fsp3) is 0.467. The third-order valence-electron chi connectivity index (χ3n) is 2.37. The van der Waals surface area contributed by atoms with Gasteiger partial charge in [0.2, 0.25) is 0 Å². The maximum atomic E-state index is 11.7. The number of alkyl carbamates (subject to hydrolysis) is 1. The number of amides is 1. The van der Waals surface area contributed by atoms with Crippen molar-refractivity contribution in [3.05, 3.63) is 30.2 Å². The highest BCUT2D eigenvalue weighted by Crippen LogP contribution is 2.09. The van der Waals surface area contributed by atoms with Gasteiger partial charge < -0.3 is 19.2 Å². The van der Waals surface area contributed by atoms with E-state index in [-0.39, 0.29) is 6.42 Å². The molecule has 0 aliphatic heterocycles. The summed E-state index contributed by atoms with van der Waals surface area (Å²) in [6, 6.07) is 2.73. The highest BCUT2D eigenvalue weighted by Gasteiger charge is 2.23. The van der Waals surface area contributed by atoms with Crippen molar-refractivity contribution >= 4 is 18.1 Å². The van der Waals surface area contributed by atoms with E-state index >= 15 is 0 Å². The summed E-state index contributed by atoms with van der Waals surface area (Å²) in [6.45, 7) is 5.24. The van der Waals surface area contributed by atoms with Crippen LogP contribution in [0, 0.1) is 0 Å². The molecule has 0 fully saturated rings. The molecule has 0 bridgehead atoms. The van der Waals surface area contributed by atoms with Crippen molar-refractivity contribution in [3.8, 4) is 0 Å². The minimum atomic E-state index is -0.809. The monoisotopic (exact) mass is 295 g/mol. The zero-order valence-corrected chi connectivity index (χ0v) is 12.7. The van der Waals surface area contributed by atoms with Crippen LogP contribution in [0.5, 0.6) is 0 Å². The number of furan rings is 1. The largest absolute Gasteiger partial charge is 0.467 e. The summed E-state index contributed by atoms with van der Waals surface area (Å²) in [4.78, 5) is 23.4. The fourth-order valence-electron chi connectivity index (χ4n) is 1.51. The smallest absolute Gasteiger partial charge is 0.408 e. The van der Waals surface area contributed by atoms with Crippen LogP contribution in [0.2, 0.25) is 0 Å². The molecule has 6 heteroatoms. The number of ether oxygens (including phenoxy) is 2. The van der Waals surface area contributed by atoms with E-state index in [9.17, 15) is 9.59 Å². The van der Waals surface area contributed by atoms with Crippen molar-refractivity contribution < 1.29 is 23.5 Å². The maximum absolute atomic E-state index is 11.7. The van der Waals surface area contributed by atoms with Gasteiger partial charge in [-0.3, -0.25) is 0 Å². The predicted octanol–water partition coefficient (Wildman–Crippen LogP) is 2.75. The Labute approximate surface area is 124 Å². The second-order valence-electron chi connectivity index (χ2n) is 5.38. The Morgan fingerprint density at radius 1 is 1.43 bits per heavy atom. The number of hydrogen-bond acceptors (Lipinski definition) is 5. The molecule has 0 radical (unpaired) electrons. The zero-order valence-electron chi connectivity index (χ0n) is 12.7. The van der Waals surface area contributed by atoms with Gasteiger partial charge in [0, 0.05) is 0 Å². The lowest BCUT2D eigenvalue weighted by molar-refractivity contribution is -0.143. The third-order valence-corrected chi connectivity index (χ3v) is 2.37. The number of nitrogens with one attached hydrogen (secondary N) is 1. The Balaban J connectivity index is 2.59. The van der Waals surface area contributed by atoms with Gasteiger partial charge in [0.05, 0.1) is 13.4 Å². The first kappa shape index (κ1) is 16.8. The summed E-state index contributed by atoms with van der Waals surface area (Å²) in [6.07, 6.45) is 4.59. The van der Waals surface area contributed by atoms with Gasteiger partial charge >= 0.3 is 12.1 Å². The molecule has 1 rings (SSSR count). The second kappa shape index (κ2) is 7.52. The van der Waals surface area contributed by atoms with E-state index in [1.165, 1.54) is 7.11 Å². The molecule has 1 heterocycles. The number of rotatable bonds is 5. The third kappa shape index (κ3) is 6.65. The number of esters is 1. The van der Waals surface area contributed by atoms with Gasteiger partial charge in [0.15, 0.2) is 0 Å². The van der Waals surface area contributed by atoms with Gasteiger partial charge in [-0.05, 0) is 45.4 Å². The average molecular weight is 295 g/mol. The molecule has 0 saturated heterocycles. The van der Waals surface area contributed by atoms with Crippen LogP contribution >= 0.6 is 0 Å². The van der Waals surface area contributed by atoms with Crippen molar-refractivity contribution in [2.24, 2.45) is 0 Å². The van der Waals surface area contributed by atoms with E-state index in [1.54, 1.807) is 51.3 Å². The fourth-order valence-corrected chi connectivity index (χ4v) is 1.51. The van der Waals surface area contributed by atoms with Gasteiger partial charge in [-0.2, -0.15) is 0 Å². The second-order valence-corrected chi connectivity index (χ2v) is 5.38. The Bertz CT molecular complexity index is 485. The van der Waals surface area contributed by atoms with Gasteiger partial charge in [-0.15, -0.1) is 0 Å². The van der Waals surface area contributed by atoms with E-state index in [2.05, 4.69) is 10.1 Å². The van der Waals surface area contributed by atoms with E-state index < -0.39 is 23.7 Å². The number of carbonyl (C=O) groups is 2. The SMILES string of the molecule is COC(=O)[C@H](C/C=C/c1ccco1)NC(=O)OC(C)(C)C. The number of carbonyl (C=O) groups excluding carboxylic acids is 2. The molecule has 0 spiro atoms. The van der Waals surface area contributed by atoms with Gasteiger partial charge in [0.1, 0.15) is 17.4 Å². The molecule has 0 aliphatic carbocycles. The van der Waals surface area contributed by atoms with Crippen LogP contribution in [0.15, 0.2) is 28.9 Å². The van der Waals surface area contributed by atoms with Crippen molar-refractivity contribution in [2.45, 2.75) is 38.8 Å². The van der Waals surface area contributed by atoms with E-state index in [0.717, 1.165) is 0 Å². The van der Waals surface area contributed by atoms with Gasteiger partial charge in [-0.25, -0.2) is 9.59 Å². The lowest BCUT2D eigenvalue weighted by Gasteiger charge is -2.22. The molecule has 1 aromatic heterocycles. The lowest BCUT2D eigenvalue weighted by Crippen LogP contribution is -2.43. The van der Waals surface area contributed by atoms with Crippen LogP contribution in [-0.2, 0) is 14.3 Å². The lowest BCUT2D eigenvalue weighted by atomic mass is 10.2. The van der Waals surface area contributed by atoms with E-state index in [1.807, 2.05) is 0 Å². The molecule has 21 heavy (non-hydrogen) atoms. The molecule has 0 aromatic carbocycles. The van der Waals surface area contributed by atoms with Crippen LogP contribution in [0.25, 0.3) is 6.08 Å². The van der Waals surface area contributed by atoms with E-state index in [0.29, 0.717) is 5.76 Å². The first-order valence-corrected chi connectivity index (χ1v) is 6.59. The quantitative estimate of drug-likeness (QED) is 0.845. The molecule has 1 aromatic rings. The highest BCUT2D eigenvalue weighted by atomic mass is 16.6. The molecule has 0 unspecified atom stereocenters. The minimum Gasteiger partial charge on any atom is -0.467 e. The van der Waals surface area contributed by atoms with Gasteiger partial charge in [0.25, 0.3) is 0 Å². The molecule has 1 amide bonds. The molecule has 1 atom stereocenters. The van der Waals surface area contributed by atoms with Crippen LogP contribution in [0.3, 0.4) is 0 Å². The Hall–Kier alpha value is -2.24. The standard InChI is InChI=1S/C15H21NO5/c1-15(2,3)21-14(18)16-12(13(17)19-4)9-5-7-11-8-6-10-20-11/h5-8,10,12H,9H2,1-4H3,(H,16,18)/b7-5+/t12-/m0/s1. The molecule has 0 saturated carbocycles. The Morgan fingerprint density at radius 3 is 2.67 bits per heavy atom. The summed E-state index contributed by atoms with van der Waals surface area (Å²) < 4.78 is 14.9. The molecular formula is C15H21NO5. The molecular weight excluding hydrogens is 274 g/mol. The number of hydrogen-bond donors (Lipinski definition) is 1. The molecule has 6 nitrogen and oxygen atoms in total. The van der Waals surface area contributed by atoms with Crippen molar-refractivity contribution in [1.29, 1.82) is 0 Å². The summed E-state index contributed by atoms with van der Waals surface area (Å²) in [5.41, 5.74) is -0.630. The normalized spacial score (nSPS) is 13.0. The summed E-state index contributed by atoms with van der Waals surface area (Å²) in [7, 11) is 1.27. The molecule has 1 N–H and O–H groups in total. The average Bonchev–Trinajstić information content (AvgIpc) is 2.87. The minimum absolute atomic E-state index is 0.270. The van der Waals surface area contributed by atoms with Crippen molar-refractivity contribution in [2.75, 3.05) is 7.11 Å². The highest BCUT2D eigenvalue weighted by molar-refractivity contribution is 5.81.